The lowest BCUT2D eigenvalue weighted by Crippen LogP contribution is -2.31. The second-order valence-electron chi connectivity index (χ2n) is 9.30. The quantitative estimate of drug-likeness (QED) is 0.273. The molecular weight excluding hydrogens is 557 g/mol. The molecule has 0 saturated carbocycles. The largest absolute Gasteiger partial charge is 0.416 e. The molecule has 12 heteroatoms. The fourth-order valence-corrected chi connectivity index (χ4v) is 4.76. The summed E-state index contributed by atoms with van der Waals surface area (Å²) in [6.07, 6.45) is -2.35. The second-order valence-corrected chi connectivity index (χ2v) is 9.71. The Morgan fingerprint density at radius 1 is 1.17 bits per heavy atom. The summed E-state index contributed by atoms with van der Waals surface area (Å²) in [5, 5.41) is 2.82. The average molecular weight is 579 g/mol. The minimum atomic E-state index is -4.51. The van der Waals surface area contributed by atoms with Crippen LogP contribution in [0.3, 0.4) is 0 Å². The predicted molar refractivity (Wildman–Crippen MR) is 146 cm³/mol. The molecule has 0 bridgehead atoms. The van der Waals surface area contributed by atoms with Crippen molar-refractivity contribution in [2.75, 3.05) is 12.3 Å². The summed E-state index contributed by atoms with van der Waals surface area (Å²) in [7, 11) is 1.84. The van der Waals surface area contributed by atoms with Crippen LogP contribution in [0.4, 0.5) is 19.1 Å². The van der Waals surface area contributed by atoms with Crippen LogP contribution in [0.2, 0.25) is 0 Å². The number of nitrogens with zero attached hydrogens (tertiary/aromatic N) is 4. The van der Waals surface area contributed by atoms with E-state index in [0.717, 1.165) is 22.2 Å². The van der Waals surface area contributed by atoms with E-state index in [1.807, 2.05) is 11.6 Å². The van der Waals surface area contributed by atoms with E-state index in [0.29, 0.717) is 41.0 Å². The highest BCUT2D eigenvalue weighted by Gasteiger charge is 2.30. The molecule has 1 aliphatic rings. The van der Waals surface area contributed by atoms with Gasteiger partial charge < -0.3 is 15.6 Å². The summed E-state index contributed by atoms with van der Waals surface area (Å²) in [5.41, 5.74) is 8.96. The molecule has 2 amide bonds. The Bertz CT molecular complexity index is 1740. The van der Waals surface area contributed by atoms with Crippen molar-refractivity contribution in [3.05, 3.63) is 99.9 Å². The van der Waals surface area contributed by atoms with Crippen molar-refractivity contribution in [1.82, 2.24) is 24.3 Å². The van der Waals surface area contributed by atoms with E-state index in [-0.39, 0.29) is 29.5 Å². The zero-order valence-electron chi connectivity index (χ0n) is 21.6. The molecule has 0 unspecified atom stereocenters. The van der Waals surface area contributed by atoms with E-state index < -0.39 is 17.6 Å². The van der Waals surface area contributed by atoms with Crippen LogP contribution in [0.25, 0.3) is 11.4 Å². The van der Waals surface area contributed by atoms with Crippen molar-refractivity contribution in [2.45, 2.75) is 19.1 Å². The van der Waals surface area contributed by atoms with Gasteiger partial charge in [0.15, 0.2) is 0 Å². The Labute approximate surface area is 238 Å². The average Bonchev–Trinajstić information content (AvgIpc) is 3.29. The number of carbonyl (C=O) groups is 2. The number of carbonyl (C=O) groups excluding carboxylic acids is 2. The van der Waals surface area contributed by atoms with Crippen LogP contribution < -0.4 is 11.1 Å². The van der Waals surface area contributed by atoms with Crippen molar-refractivity contribution in [2.24, 2.45) is 7.05 Å². The number of anilines is 1. The van der Waals surface area contributed by atoms with E-state index >= 15 is 0 Å². The number of nitrogens with two attached hydrogens (primary N) is 1. The minimum absolute atomic E-state index is 0.0461. The lowest BCUT2D eigenvalue weighted by Gasteiger charge is -2.15. The number of amides is 2. The summed E-state index contributed by atoms with van der Waals surface area (Å²) < 4.78 is 41.8. The van der Waals surface area contributed by atoms with Gasteiger partial charge in [0, 0.05) is 54.8 Å². The molecular formula is C29H22ClF3N6O2. The molecule has 41 heavy (non-hydrogen) atoms. The first-order valence-electron chi connectivity index (χ1n) is 12.4. The highest BCUT2D eigenvalue weighted by molar-refractivity contribution is 6.24. The molecule has 0 aliphatic carbocycles. The summed E-state index contributed by atoms with van der Waals surface area (Å²) in [6.45, 7) is 0.307. The lowest BCUT2D eigenvalue weighted by molar-refractivity contribution is -0.137. The van der Waals surface area contributed by atoms with Crippen LogP contribution in [0.1, 0.15) is 48.7 Å². The zero-order chi connectivity index (χ0) is 29.3. The van der Waals surface area contributed by atoms with E-state index in [9.17, 15) is 22.8 Å². The number of alkyl halides is 3. The van der Waals surface area contributed by atoms with Gasteiger partial charge in [-0.2, -0.15) is 13.2 Å². The smallest absolute Gasteiger partial charge is 0.368 e. The summed E-state index contributed by atoms with van der Waals surface area (Å²) in [4.78, 5) is 33.7. The molecule has 8 nitrogen and oxygen atoms in total. The van der Waals surface area contributed by atoms with Crippen LogP contribution >= 0.6 is 11.8 Å². The molecule has 3 heterocycles. The predicted octanol–water partition coefficient (Wildman–Crippen LogP) is 4.57. The highest BCUT2D eigenvalue weighted by atomic mass is 35.5. The third-order valence-corrected chi connectivity index (χ3v) is 6.82. The van der Waals surface area contributed by atoms with Crippen molar-refractivity contribution >= 4 is 29.5 Å². The first-order valence-corrected chi connectivity index (χ1v) is 12.7. The number of nitrogen functional groups attached to an aromatic ring is 1. The van der Waals surface area contributed by atoms with Crippen molar-refractivity contribution in [3.63, 3.8) is 0 Å². The Balaban J connectivity index is 1.40. The van der Waals surface area contributed by atoms with E-state index in [4.69, 9.17) is 17.5 Å². The number of halogens is 4. The number of aromatic nitrogens is 3. The number of nitrogens with one attached hydrogen (secondary N) is 1. The molecule has 2 aromatic carbocycles. The van der Waals surface area contributed by atoms with Crippen LogP contribution in [-0.4, -0.2) is 37.3 Å². The van der Waals surface area contributed by atoms with Gasteiger partial charge in [-0.1, -0.05) is 30.0 Å². The molecule has 0 fully saturated rings. The Morgan fingerprint density at radius 3 is 2.71 bits per heavy atom. The first-order chi connectivity index (χ1) is 19.5. The van der Waals surface area contributed by atoms with E-state index in [2.05, 4.69) is 27.1 Å². The first kappa shape index (κ1) is 27.7. The third kappa shape index (κ3) is 5.88. The number of rotatable bonds is 4. The summed E-state index contributed by atoms with van der Waals surface area (Å²) in [6, 6.07) is 12.7. The number of hydrogen-bond donors (Lipinski definition) is 2. The Kier molecular flexibility index (Phi) is 7.43. The van der Waals surface area contributed by atoms with Gasteiger partial charge in [0.2, 0.25) is 5.95 Å². The van der Waals surface area contributed by atoms with Gasteiger partial charge in [-0.3, -0.25) is 9.59 Å². The van der Waals surface area contributed by atoms with Gasteiger partial charge in [0.1, 0.15) is 5.69 Å². The minimum Gasteiger partial charge on any atom is -0.368 e. The van der Waals surface area contributed by atoms with Gasteiger partial charge in [0.05, 0.1) is 28.9 Å². The molecule has 208 valence electrons. The van der Waals surface area contributed by atoms with Gasteiger partial charge in [-0.05, 0) is 42.0 Å². The molecule has 0 atom stereocenters. The van der Waals surface area contributed by atoms with Gasteiger partial charge in [-0.25, -0.2) is 14.4 Å². The SMILES string of the molecule is Cn1c(-c2nc(N)ncc2C#Cc2cccc(C(=O)N(Cl)Cc3cccc(C(F)(F)F)c3)c2)cc2c1CCNC2=O. The maximum Gasteiger partial charge on any atom is 0.416 e. The maximum absolute atomic E-state index is 13.0. The molecule has 0 radical (unpaired) electrons. The summed E-state index contributed by atoms with van der Waals surface area (Å²) in [5.74, 6) is 5.30. The van der Waals surface area contributed by atoms with Crippen LogP contribution in [0.5, 0.6) is 0 Å². The highest BCUT2D eigenvalue weighted by Crippen LogP contribution is 2.30. The van der Waals surface area contributed by atoms with E-state index in [1.54, 1.807) is 18.2 Å². The maximum atomic E-state index is 13.0. The van der Waals surface area contributed by atoms with Crippen LogP contribution in [0.15, 0.2) is 60.8 Å². The zero-order valence-corrected chi connectivity index (χ0v) is 22.3. The van der Waals surface area contributed by atoms with Gasteiger partial charge >= 0.3 is 6.18 Å². The normalized spacial score (nSPS) is 12.7. The van der Waals surface area contributed by atoms with Crippen molar-refractivity contribution < 1.29 is 22.8 Å². The second kappa shape index (κ2) is 11.0. The number of benzene rings is 2. The molecule has 3 N–H and O–H groups in total. The fourth-order valence-electron chi connectivity index (χ4n) is 4.53. The monoisotopic (exact) mass is 578 g/mol. The molecule has 5 rings (SSSR count). The molecule has 1 aliphatic heterocycles. The Morgan fingerprint density at radius 2 is 1.95 bits per heavy atom. The van der Waals surface area contributed by atoms with Crippen molar-refractivity contribution in [1.29, 1.82) is 0 Å². The van der Waals surface area contributed by atoms with Crippen molar-refractivity contribution in [3.8, 4) is 23.2 Å². The standard InChI is InChI=1S/C29H22ClF3N6O2/c1-38-23-10-11-35-26(40)22(23)14-24(38)25-20(15-36-28(34)37-25)9-8-17-4-2-6-19(12-17)27(41)39(30)16-18-5-3-7-21(13-18)29(31,32)33/h2-7,12-15H,10-11,16H2,1H3,(H,35,40)(H2,34,36,37). The molecule has 0 spiro atoms. The van der Waals surface area contributed by atoms with Crippen LogP contribution in [-0.2, 0) is 26.2 Å². The number of hydrogen-bond acceptors (Lipinski definition) is 5. The summed E-state index contributed by atoms with van der Waals surface area (Å²) >= 11 is 6.17. The fraction of sp³-hybridized carbons (Fsp3) is 0.172. The Hall–Kier alpha value is -4.82. The topological polar surface area (TPSA) is 106 Å². The van der Waals surface area contributed by atoms with Gasteiger partial charge in [-0.15, -0.1) is 0 Å². The molecule has 4 aromatic rings. The molecule has 2 aromatic heterocycles. The van der Waals surface area contributed by atoms with Crippen LogP contribution in [0, 0.1) is 11.8 Å². The number of fused-ring (bicyclic) bond motifs is 1. The third-order valence-electron chi connectivity index (χ3n) is 6.55. The van der Waals surface area contributed by atoms with E-state index in [1.165, 1.54) is 30.5 Å². The van der Waals surface area contributed by atoms with Gasteiger partial charge in [0.25, 0.3) is 11.8 Å². The lowest BCUT2D eigenvalue weighted by atomic mass is 10.1. The molecule has 0 saturated heterocycles.